The van der Waals surface area contributed by atoms with Gasteiger partial charge in [0.25, 0.3) is 0 Å². The number of nitrogens with zero attached hydrogens (tertiary/aromatic N) is 4. The highest BCUT2D eigenvalue weighted by atomic mass is 31.2. The molecule has 1 N–H and O–H groups in total. The minimum absolute atomic E-state index is 0.0169. The molecule has 5 rings (SSSR count). The van der Waals surface area contributed by atoms with Crippen LogP contribution < -0.4 is 10.0 Å². The van der Waals surface area contributed by atoms with E-state index in [0.29, 0.717) is 16.9 Å². The Morgan fingerprint density at radius 2 is 1.71 bits per heavy atom. The van der Waals surface area contributed by atoms with Gasteiger partial charge in [-0.3, -0.25) is 4.68 Å². The van der Waals surface area contributed by atoms with Gasteiger partial charge in [-0.2, -0.15) is 10.2 Å². The van der Waals surface area contributed by atoms with Crippen LogP contribution in [0.2, 0.25) is 0 Å². The molecule has 1 unspecified atom stereocenters. The number of alkyl halides is 3. The van der Waals surface area contributed by atoms with Crippen LogP contribution in [0.5, 0.6) is 5.75 Å². The summed E-state index contributed by atoms with van der Waals surface area (Å²) in [6.07, 6.45) is -3.86. The maximum atomic E-state index is 13.5. The van der Waals surface area contributed by atoms with Gasteiger partial charge >= 0.3 is 6.36 Å². The van der Waals surface area contributed by atoms with Gasteiger partial charge in [0, 0.05) is 33.7 Å². The van der Waals surface area contributed by atoms with Gasteiger partial charge in [-0.25, -0.2) is 4.68 Å². The molecule has 3 aromatic carbocycles. The van der Waals surface area contributed by atoms with Crippen molar-refractivity contribution in [2.75, 3.05) is 13.3 Å². The number of fused-ring (bicyclic) bond motifs is 1. The van der Waals surface area contributed by atoms with Gasteiger partial charge in [0.05, 0.1) is 23.9 Å². The van der Waals surface area contributed by atoms with E-state index in [1.807, 2.05) is 68.6 Å². The Hall–Kier alpha value is -3.88. The minimum atomic E-state index is -4.95. The Morgan fingerprint density at radius 3 is 2.36 bits per heavy atom. The fraction of sp³-hybridized carbons (Fsp3) is 0.290. The van der Waals surface area contributed by atoms with E-state index < -0.39 is 25.4 Å². The Balaban J connectivity index is 1.63. The molecule has 2 aromatic heterocycles. The largest absolute Gasteiger partial charge is 0.573 e. The first-order valence-electron chi connectivity index (χ1n) is 13.5. The van der Waals surface area contributed by atoms with Crippen molar-refractivity contribution in [2.45, 2.75) is 45.7 Å². The lowest BCUT2D eigenvalue weighted by Gasteiger charge is -2.17. The first-order chi connectivity index (χ1) is 19.7. The maximum Gasteiger partial charge on any atom is 0.573 e. The molecule has 0 aliphatic rings. The molecule has 0 aliphatic heterocycles. The lowest BCUT2D eigenvalue weighted by molar-refractivity contribution is -0.274. The van der Waals surface area contributed by atoms with Crippen molar-refractivity contribution in [3.8, 4) is 22.7 Å². The average molecular weight is 597 g/mol. The van der Waals surface area contributed by atoms with Crippen molar-refractivity contribution in [2.24, 2.45) is 0 Å². The number of hydrogen-bond acceptors (Lipinski definition) is 5. The van der Waals surface area contributed by atoms with Crippen molar-refractivity contribution < 1.29 is 27.6 Å². The van der Waals surface area contributed by atoms with Crippen molar-refractivity contribution in [3.05, 3.63) is 89.7 Å². The molecule has 0 radical (unpaired) electrons. The molecule has 0 saturated heterocycles. The predicted octanol–water partition coefficient (Wildman–Crippen LogP) is 7.20. The molecule has 1 atom stereocenters. The van der Waals surface area contributed by atoms with Crippen LogP contribution in [0.25, 0.3) is 27.8 Å². The molecule has 11 heteroatoms. The minimum Gasteiger partial charge on any atom is -0.403 e. The summed E-state index contributed by atoms with van der Waals surface area (Å²) in [7, 11) is -2.86. The smallest absolute Gasteiger partial charge is 0.403 e. The Labute approximate surface area is 241 Å². The van der Waals surface area contributed by atoms with Gasteiger partial charge in [-0.05, 0) is 56.0 Å². The fourth-order valence-corrected chi connectivity index (χ4v) is 6.07. The van der Waals surface area contributed by atoms with Gasteiger partial charge in [0.1, 0.15) is 12.8 Å². The van der Waals surface area contributed by atoms with Crippen molar-refractivity contribution in [1.29, 1.82) is 0 Å². The Kier molecular flexibility index (Phi) is 7.81. The second-order valence-corrected chi connectivity index (χ2v) is 14.2. The molecule has 7 nitrogen and oxygen atoms in total. The molecule has 0 bridgehead atoms. The molecule has 0 aliphatic carbocycles. The highest BCUT2D eigenvalue weighted by Crippen LogP contribution is 2.41. The molecule has 0 saturated carbocycles. The number of hydrogen-bond donors (Lipinski definition) is 1. The molecule has 0 spiro atoms. The number of aromatic nitrogens is 4. The van der Waals surface area contributed by atoms with Gasteiger partial charge < -0.3 is 14.4 Å². The highest BCUT2D eigenvalue weighted by molar-refractivity contribution is 7.70. The third-order valence-electron chi connectivity index (χ3n) is 7.16. The number of rotatable bonds is 8. The Bertz CT molecular complexity index is 1790. The van der Waals surface area contributed by atoms with Crippen LogP contribution in [0.1, 0.15) is 42.7 Å². The quantitative estimate of drug-likeness (QED) is 0.192. The zero-order valence-electron chi connectivity index (χ0n) is 23.9. The lowest BCUT2D eigenvalue weighted by atomic mass is 9.95. The second kappa shape index (κ2) is 11.1. The molecular weight excluding hydrogens is 564 g/mol. The summed E-state index contributed by atoms with van der Waals surface area (Å²) < 4.78 is 60.6. The molecule has 220 valence electrons. The maximum absolute atomic E-state index is 13.5. The van der Waals surface area contributed by atoms with E-state index in [1.165, 1.54) is 30.1 Å². The van der Waals surface area contributed by atoms with Crippen LogP contribution in [0.15, 0.2) is 72.9 Å². The van der Waals surface area contributed by atoms with E-state index in [1.54, 1.807) is 17.7 Å². The number of ether oxygens (including phenoxy) is 1. The van der Waals surface area contributed by atoms with Crippen LogP contribution in [0.4, 0.5) is 13.2 Å². The van der Waals surface area contributed by atoms with Crippen LogP contribution >= 0.6 is 7.14 Å². The molecular formula is C31H32F3N4O3P. The van der Waals surface area contributed by atoms with E-state index in [0.717, 1.165) is 22.1 Å². The summed E-state index contributed by atoms with van der Waals surface area (Å²) in [5, 5.41) is 21.3. The first kappa shape index (κ1) is 29.6. The summed E-state index contributed by atoms with van der Waals surface area (Å²) in [5.41, 5.74) is 4.44. The monoisotopic (exact) mass is 596 g/mol. The van der Waals surface area contributed by atoms with Gasteiger partial charge in [-0.1, -0.05) is 56.3 Å². The second-order valence-electron chi connectivity index (χ2n) is 11.0. The van der Waals surface area contributed by atoms with Crippen LogP contribution in [0, 0.1) is 6.92 Å². The van der Waals surface area contributed by atoms with Gasteiger partial charge in [0.2, 0.25) is 0 Å². The van der Waals surface area contributed by atoms with Crippen LogP contribution in [-0.4, -0.2) is 44.4 Å². The van der Waals surface area contributed by atoms with Crippen molar-refractivity contribution >= 4 is 23.3 Å². The van der Waals surface area contributed by atoms with E-state index >= 15 is 0 Å². The lowest BCUT2D eigenvalue weighted by Crippen LogP contribution is -2.20. The zero-order valence-corrected chi connectivity index (χ0v) is 24.8. The van der Waals surface area contributed by atoms with Crippen molar-refractivity contribution in [1.82, 2.24) is 19.6 Å². The third kappa shape index (κ3) is 6.01. The predicted molar refractivity (Wildman–Crippen MR) is 158 cm³/mol. The normalized spacial score (nSPS) is 13.2. The number of halogens is 3. The number of aliphatic hydroxyl groups excluding tert-OH is 1. The summed E-state index contributed by atoms with van der Waals surface area (Å²) in [6, 6.07) is 19.2. The first-order valence-corrected chi connectivity index (χ1v) is 16.1. The van der Waals surface area contributed by atoms with Gasteiger partial charge in [0.15, 0.2) is 5.75 Å². The summed E-state index contributed by atoms with van der Waals surface area (Å²) in [5.74, 6) is -0.492. The van der Waals surface area contributed by atoms with E-state index in [4.69, 9.17) is 5.10 Å². The average Bonchev–Trinajstić information content (AvgIpc) is 3.48. The standard InChI is InChI=1S/C31H32F3N4O3P/c1-19(2)29-20(3)38(26-15-14-22(42(4,5)40)16-28(26)41-31(32,33)34)36-30(29)23-12-9-13-25-24(23)17-37(35-25)18-27(39)21-10-7-6-8-11-21/h6-17,19,27,39H,18H2,1-5H3. The SMILES string of the molecule is Cc1c(C(C)C)c(-c2cccc3nn(CC(O)c4ccccc4)cc23)nn1-c1ccc(P(C)(C)=O)cc1OC(F)(F)F. The number of aliphatic hydroxyl groups is 1. The Morgan fingerprint density at radius 1 is 1.00 bits per heavy atom. The van der Waals surface area contributed by atoms with E-state index in [-0.39, 0.29) is 23.5 Å². The van der Waals surface area contributed by atoms with Gasteiger partial charge in [-0.15, -0.1) is 13.2 Å². The van der Waals surface area contributed by atoms with Crippen LogP contribution in [0.3, 0.4) is 0 Å². The molecule has 0 fully saturated rings. The molecule has 42 heavy (non-hydrogen) atoms. The van der Waals surface area contributed by atoms with Crippen molar-refractivity contribution in [3.63, 3.8) is 0 Å². The topological polar surface area (TPSA) is 82.2 Å². The summed E-state index contributed by atoms with van der Waals surface area (Å²) in [6.45, 7) is 9.03. The molecule has 0 amide bonds. The highest BCUT2D eigenvalue weighted by Gasteiger charge is 2.34. The fourth-order valence-electron chi connectivity index (χ4n) is 5.21. The molecule has 5 aromatic rings. The summed E-state index contributed by atoms with van der Waals surface area (Å²) in [4.78, 5) is 0. The molecule has 2 heterocycles. The summed E-state index contributed by atoms with van der Waals surface area (Å²) >= 11 is 0. The zero-order chi connectivity index (χ0) is 30.4. The number of benzene rings is 3. The van der Waals surface area contributed by atoms with E-state index in [2.05, 4.69) is 9.84 Å². The van der Waals surface area contributed by atoms with Crippen LogP contribution in [-0.2, 0) is 11.1 Å². The van der Waals surface area contributed by atoms with E-state index in [9.17, 15) is 22.8 Å². The third-order valence-corrected chi connectivity index (χ3v) is 8.68.